The highest BCUT2D eigenvalue weighted by Crippen LogP contribution is 2.33. The van der Waals surface area contributed by atoms with Crippen molar-refractivity contribution in [3.05, 3.63) is 0 Å². The highest BCUT2D eigenvalue weighted by Gasteiger charge is 2.34. The van der Waals surface area contributed by atoms with Gasteiger partial charge in [-0.25, -0.2) is 0 Å². The quantitative estimate of drug-likeness (QED) is 0.533. The molecule has 86 valence electrons. The Morgan fingerprint density at radius 3 is 1.79 bits per heavy atom. The summed E-state index contributed by atoms with van der Waals surface area (Å²) in [5, 5.41) is 2.08. The van der Waals surface area contributed by atoms with Gasteiger partial charge in [0.25, 0.3) is 0 Å². The summed E-state index contributed by atoms with van der Waals surface area (Å²) < 4.78 is 0. The molecular weight excluding hydrogens is 193 g/mol. The fraction of sp³-hybridized carbons (Fsp3) is 1.00. The Balaban J connectivity index is 4.67. The summed E-state index contributed by atoms with van der Waals surface area (Å²) in [6.07, 6.45) is 0. The molecule has 0 spiro atoms. The van der Waals surface area contributed by atoms with Crippen LogP contribution in [0.1, 0.15) is 48.5 Å². The van der Waals surface area contributed by atoms with Crippen LogP contribution in [0.25, 0.3) is 0 Å². The fourth-order valence-corrected chi connectivity index (χ4v) is 1.72. The lowest BCUT2D eigenvalue weighted by molar-refractivity contribution is -0.228. The van der Waals surface area contributed by atoms with Gasteiger partial charge in [0.1, 0.15) is 0 Å². The van der Waals surface area contributed by atoms with Gasteiger partial charge >= 0.3 is 0 Å². The van der Waals surface area contributed by atoms with Gasteiger partial charge in [-0.05, 0) is 33.1 Å². The summed E-state index contributed by atoms with van der Waals surface area (Å²) in [7, 11) is 2.88. The van der Waals surface area contributed by atoms with E-state index in [1.807, 2.05) is 6.92 Å². The SMILES string of the molecule is CCON(C(P)C(C)(C)C)C(C)(C)C. The van der Waals surface area contributed by atoms with E-state index in [0.29, 0.717) is 5.78 Å². The summed E-state index contributed by atoms with van der Waals surface area (Å²) >= 11 is 0. The van der Waals surface area contributed by atoms with E-state index in [4.69, 9.17) is 4.84 Å². The zero-order valence-electron chi connectivity index (χ0n) is 10.7. The third-order valence-electron chi connectivity index (χ3n) is 2.07. The van der Waals surface area contributed by atoms with Gasteiger partial charge in [0.2, 0.25) is 0 Å². The molecule has 0 aromatic rings. The monoisotopic (exact) mass is 219 g/mol. The van der Waals surface area contributed by atoms with Gasteiger partial charge < -0.3 is 0 Å². The van der Waals surface area contributed by atoms with Crippen LogP contribution >= 0.6 is 9.24 Å². The van der Waals surface area contributed by atoms with Gasteiger partial charge in [0.05, 0.1) is 12.4 Å². The number of hydrogen-bond acceptors (Lipinski definition) is 2. The summed E-state index contributed by atoms with van der Waals surface area (Å²) in [6, 6.07) is 0. The molecule has 0 saturated heterocycles. The highest BCUT2D eigenvalue weighted by molar-refractivity contribution is 7.17. The Morgan fingerprint density at radius 1 is 1.14 bits per heavy atom. The molecule has 3 heteroatoms. The minimum atomic E-state index is 0.0374. The predicted octanol–water partition coefficient (Wildman–Crippen LogP) is 3.29. The number of nitrogens with zero attached hydrogens (tertiary/aromatic N) is 1. The summed E-state index contributed by atoms with van der Waals surface area (Å²) in [5.74, 6) is 0.322. The van der Waals surface area contributed by atoms with Crippen LogP contribution < -0.4 is 0 Å². The van der Waals surface area contributed by atoms with E-state index in [1.165, 1.54) is 0 Å². The molecular formula is C11H26NOP. The van der Waals surface area contributed by atoms with Crippen molar-refractivity contribution in [2.45, 2.75) is 59.8 Å². The third kappa shape index (κ3) is 4.25. The maximum Gasteiger partial charge on any atom is 0.0657 e. The zero-order valence-corrected chi connectivity index (χ0v) is 11.9. The average Bonchev–Trinajstić information content (AvgIpc) is 1.94. The maximum atomic E-state index is 5.71. The van der Waals surface area contributed by atoms with Crippen molar-refractivity contribution in [3.8, 4) is 0 Å². The molecule has 2 unspecified atom stereocenters. The molecule has 0 radical (unpaired) electrons. The molecule has 0 aliphatic rings. The van der Waals surface area contributed by atoms with Crippen molar-refractivity contribution in [1.82, 2.24) is 5.06 Å². The lowest BCUT2D eigenvalue weighted by Gasteiger charge is -2.43. The Bertz CT molecular complexity index is 169. The largest absolute Gasteiger partial charge is 0.298 e. The highest BCUT2D eigenvalue weighted by atomic mass is 31.0. The first-order chi connectivity index (χ1) is 6.10. The first kappa shape index (κ1) is 14.3. The molecule has 0 fully saturated rings. The molecule has 0 aromatic carbocycles. The summed E-state index contributed by atoms with van der Waals surface area (Å²) in [6.45, 7) is 15.9. The van der Waals surface area contributed by atoms with Crippen LogP contribution in [0.2, 0.25) is 0 Å². The first-order valence-electron chi connectivity index (χ1n) is 5.28. The second-order valence-corrected chi connectivity index (χ2v) is 6.36. The van der Waals surface area contributed by atoms with Crippen molar-refractivity contribution < 1.29 is 4.84 Å². The predicted molar refractivity (Wildman–Crippen MR) is 66.2 cm³/mol. The van der Waals surface area contributed by atoms with Crippen molar-refractivity contribution in [2.24, 2.45) is 5.41 Å². The average molecular weight is 219 g/mol. The van der Waals surface area contributed by atoms with Crippen molar-refractivity contribution in [3.63, 3.8) is 0 Å². The third-order valence-corrected chi connectivity index (χ3v) is 3.34. The van der Waals surface area contributed by atoms with Gasteiger partial charge in [0, 0.05) is 5.54 Å². The normalized spacial score (nSPS) is 16.1. The van der Waals surface area contributed by atoms with Crippen LogP contribution in [0.4, 0.5) is 0 Å². The van der Waals surface area contributed by atoms with Crippen LogP contribution in [0.5, 0.6) is 0 Å². The second kappa shape index (κ2) is 4.92. The molecule has 0 N–H and O–H groups in total. The smallest absolute Gasteiger partial charge is 0.0657 e. The number of hydroxylamine groups is 2. The summed E-state index contributed by atoms with van der Waals surface area (Å²) in [4.78, 5) is 5.71. The van der Waals surface area contributed by atoms with E-state index >= 15 is 0 Å². The molecule has 0 amide bonds. The molecule has 0 aliphatic carbocycles. The number of hydrogen-bond donors (Lipinski definition) is 0. The molecule has 0 saturated carbocycles. The minimum Gasteiger partial charge on any atom is -0.298 e. The Kier molecular flexibility index (Phi) is 5.04. The van der Waals surface area contributed by atoms with Crippen LogP contribution in [-0.4, -0.2) is 23.0 Å². The lowest BCUT2D eigenvalue weighted by Crippen LogP contribution is -2.50. The van der Waals surface area contributed by atoms with Gasteiger partial charge in [-0.3, -0.25) is 4.84 Å². The molecule has 0 rings (SSSR count). The van der Waals surface area contributed by atoms with Crippen molar-refractivity contribution >= 4 is 9.24 Å². The van der Waals surface area contributed by atoms with Gasteiger partial charge in [-0.1, -0.05) is 20.8 Å². The lowest BCUT2D eigenvalue weighted by atomic mass is 9.94. The summed E-state index contributed by atoms with van der Waals surface area (Å²) in [5.41, 5.74) is 0.239. The van der Waals surface area contributed by atoms with E-state index < -0.39 is 0 Å². The van der Waals surface area contributed by atoms with E-state index in [-0.39, 0.29) is 11.0 Å². The molecule has 0 bridgehead atoms. The van der Waals surface area contributed by atoms with Crippen LogP contribution in [0.3, 0.4) is 0 Å². The van der Waals surface area contributed by atoms with Gasteiger partial charge in [-0.2, -0.15) is 5.06 Å². The Hall–Kier alpha value is 0.350. The second-order valence-electron chi connectivity index (χ2n) is 5.73. The van der Waals surface area contributed by atoms with E-state index in [2.05, 4.69) is 55.8 Å². The van der Waals surface area contributed by atoms with Crippen molar-refractivity contribution in [1.29, 1.82) is 0 Å². The van der Waals surface area contributed by atoms with Gasteiger partial charge in [-0.15, -0.1) is 9.24 Å². The fourth-order valence-electron chi connectivity index (χ4n) is 1.18. The van der Waals surface area contributed by atoms with Crippen molar-refractivity contribution in [2.75, 3.05) is 6.61 Å². The van der Waals surface area contributed by atoms with Crippen LogP contribution in [-0.2, 0) is 4.84 Å². The van der Waals surface area contributed by atoms with E-state index in [0.717, 1.165) is 6.61 Å². The first-order valence-corrected chi connectivity index (χ1v) is 5.95. The molecule has 0 aliphatic heterocycles. The van der Waals surface area contributed by atoms with E-state index in [1.54, 1.807) is 0 Å². The zero-order chi connectivity index (χ0) is 11.6. The minimum absolute atomic E-state index is 0.0374. The maximum absolute atomic E-state index is 5.71. The molecule has 0 heterocycles. The number of rotatable bonds is 3. The molecule has 14 heavy (non-hydrogen) atoms. The standard InChI is InChI=1S/C11H26NOP/c1-8-13-12(11(5,6)7)9(14)10(2,3)4/h9H,8,14H2,1-7H3. The van der Waals surface area contributed by atoms with Crippen LogP contribution in [0.15, 0.2) is 0 Å². The molecule has 0 aromatic heterocycles. The van der Waals surface area contributed by atoms with Crippen LogP contribution in [0, 0.1) is 5.41 Å². The topological polar surface area (TPSA) is 12.5 Å². The Labute approximate surface area is 91.5 Å². The van der Waals surface area contributed by atoms with Gasteiger partial charge in [0.15, 0.2) is 0 Å². The molecule has 2 atom stereocenters. The Morgan fingerprint density at radius 2 is 1.57 bits per heavy atom. The molecule has 2 nitrogen and oxygen atoms in total. The van der Waals surface area contributed by atoms with E-state index in [9.17, 15) is 0 Å².